The molecule has 1 amide bonds. The zero-order valence-corrected chi connectivity index (χ0v) is 15.8. The van der Waals surface area contributed by atoms with E-state index < -0.39 is 5.82 Å². The molecule has 0 radical (unpaired) electrons. The van der Waals surface area contributed by atoms with Gasteiger partial charge in [0.05, 0.1) is 18.1 Å². The fraction of sp³-hybridized carbons (Fsp3) is 0.143. The van der Waals surface area contributed by atoms with E-state index in [9.17, 15) is 13.6 Å². The maximum Gasteiger partial charge on any atom is 0.251 e. The van der Waals surface area contributed by atoms with E-state index in [2.05, 4.69) is 25.7 Å². The van der Waals surface area contributed by atoms with Crippen molar-refractivity contribution in [2.75, 3.05) is 11.9 Å². The number of aromatic nitrogens is 4. The Morgan fingerprint density at radius 1 is 1.03 bits per heavy atom. The van der Waals surface area contributed by atoms with Crippen molar-refractivity contribution in [3.63, 3.8) is 0 Å². The van der Waals surface area contributed by atoms with Crippen LogP contribution in [0, 0.1) is 11.6 Å². The average molecular weight is 408 g/mol. The van der Waals surface area contributed by atoms with E-state index in [-0.39, 0.29) is 17.3 Å². The van der Waals surface area contributed by atoms with E-state index in [0.717, 1.165) is 10.9 Å². The number of fused-ring (bicyclic) bond motifs is 1. The first kappa shape index (κ1) is 19.4. The van der Waals surface area contributed by atoms with Crippen LogP contribution in [-0.2, 0) is 13.1 Å². The monoisotopic (exact) mass is 408 g/mol. The molecule has 0 aliphatic heterocycles. The van der Waals surface area contributed by atoms with Crippen LogP contribution in [-0.4, -0.2) is 32.2 Å². The largest absolute Gasteiger partial charge is 0.365 e. The molecule has 0 spiro atoms. The van der Waals surface area contributed by atoms with Crippen molar-refractivity contribution in [2.45, 2.75) is 13.1 Å². The van der Waals surface area contributed by atoms with Crippen LogP contribution in [0.4, 0.5) is 14.6 Å². The van der Waals surface area contributed by atoms with Crippen LogP contribution in [0.15, 0.2) is 61.1 Å². The number of hydrogen-bond acceptors (Lipinski definition) is 5. The van der Waals surface area contributed by atoms with Gasteiger partial charge in [0.1, 0.15) is 23.8 Å². The molecular weight excluding hydrogens is 390 g/mol. The molecule has 9 heteroatoms. The zero-order chi connectivity index (χ0) is 20.9. The minimum absolute atomic E-state index is 0.259. The fourth-order valence-electron chi connectivity index (χ4n) is 2.99. The molecule has 0 bridgehead atoms. The summed E-state index contributed by atoms with van der Waals surface area (Å²) in [5, 5.41) is 11.0. The molecule has 0 saturated heterocycles. The third kappa shape index (κ3) is 4.40. The van der Waals surface area contributed by atoms with Gasteiger partial charge in [-0.1, -0.05) is 18.2 Å². The highest BCUT2D eigenvalue weighted by atomic mass is 19.1. The highest BCUT2D eigenvalue weighted by Gasteiger charge is 2.11. The van der Waals surface area contributed by atoms with E-state index >= 15 is 0 Å². The molecule has 30 heavy (non-hydrogen) atoms. The van der Waals surface area contributed by atoms with Gasteiger partial charge in [-0.15, -0.1) is 0 Å². The highest BCUT2D eigenvalue weighted by molar-refractivity contribution is 5.94. The molecule has 4 aromatic rings. The molecule has 0 saturated carbocycles. The van der Waals surface area contributed by atoms with Crippen LogP contribution in [0.3, 0.4) is 0 Å². The van der Waals surface area contributed by atoms with E-state index in [1.807, 2.05) is 0 Å². The molecule has 0 fully saturated rings. The Kier molecular flexibility index (Phi) is 5.60. The molecule has 2 heterocycles. The van der Waals surface area contributed by atoms with Gasteiger partial charge in [-0.25, -0.2) is 23.4 Å². The Morgan fingerprint density at radius 3 is 2.67 bits per heavy atom. The molecule has 0 aliphatic rings. The molecule has 0 unspecified atom stereocenters. The van der Waals surface area contributed by atoms with Gasteiger partial charge in [-0.05, 0) is 35.9 Å². The Bertz CT molecular complexity index is 1180. The maximum absolute atomic E-state index is 13.2. The summed E-state index contributed by atoms with van der Waals surface area (Å²) in [6.45, 7) is 1.16. The molecule has 4 rings (SSSR count). The Labute approximate surface area is 170 Å². The van der Waals surface area contributed by atoms with Crippen LogP contribution < -0.4 is 10.6 Å². The number of nitrogens with zero attached hydrogens (tertiary/aromatic N) is 4. The number of hydrogen-bond donors (Lipinski definition) is 2. The number of carbonyl (C=O) groups excluding carboxylic acids is 1. The van der Waals surface area contributed by atoms with Gasteiger partial charge in [0, 0.05) is 18.7 Å². The summed E-state index contributed by atoms with van der Waals surface area (Å²) in [6.07, 6.45) is 3.08. The maximum atomic E-state index is 13.2. The van der Waals surface area contributed by atoms with Gasteiger partial charge in [0.15, 0.2) is 5.65 Å². The minimum atomic E-state index is -0.460. The SMILES string of the molecule is O=C(NCCn1ncc2c(NCc3ccc(F)cc3)ncnc21)c1cccc(F)c1. The normalized spacial score (nSPS) is 10.9. The second-order valence-electron chi connectivity index (χ2n) is 6.57. The first-order chi connectivity index (χ1) is 14.6. The third-order valence-corrected chi connectivity index (χ3v) is 4.50. The van der Waals surface area contributed by atoms with Gasteiger partial charge in [-0.2, -0.15) is 5.10 Å². The lowest BCUT2D eigenvalue weighted by Crippen LogP contribution is -2.27. The molecule has 0 aliphatic carbocycles. The Hall–Kier alpha value is -3.88. The van der Waals surface area contributed by atoms with E-state index in [0.29, 0.717) is 31.1 Å². The second kappa shape index (κ2) is 8.64. The van der Waals surface area contributed by atoms with E-state index in [1.165, 1.54) is 36.7 Å². The Balaban J connectivity index is 1.40. The van der Waals surface area contributed by atoms with Crippen molar-refractivity contribution in [2.24, 2.45) is 0 Å². The molecule has 152 valence electrons. The predicted molar refractivity (Wildman–Crippen MR) is 108 cm³/mol. The second-order valence-corrected chi connectivity index (χ2v) is 6.57. The van der Waals surface area contributed by atoms with Gasteiger partial charge in [0.2, 0.25) is 0 Å². The fourth-order valence-corrected chi connectivity index (χ4v) is 2.99. The zero-order valence-electron chi connectivity index (χ0n) is 15.8. The van der Waals surface area contributed by atoms with Crippen molar-refractivity contribution < 1.29 is 13.6 Å². The number of rotatable bonds is 7. The summed E-state index contributed by atoms with van der Waals surface area (Å²) < 4.78 is 27.9. The third-order valence-electron chi connectivity index (χ3n) is 4.50. The smallest absolute Gasteiger partial charge is 0.251 e. The first-order valence-electron chi connectivity index (χ1n) is 9.29. The van der Waals surface area contributed by atoms with E-state index in [1.54, 1.807) is 29.1 Å². The van der Waals surface area contributed by atoms with E-state index in [4.69, 9.17) is 0 Å². The summed E-state index contributed by atoms with van der Waals surface area (Å²) in [6, 6.07) is 11.7. The Morgan fingerprint density at radius 2 is 1.87 bits per heavy atom. The van der Waals surface area contributed by atoms with Crippen molar-refractivity contribution >= 4 is 22.8 Å². The van der Waals surface area contributed by atoms with Crippen molar-refractivity contribution in [3.8, 4) is 0 Å². The number of amides is 1. The molecular formula is C21H18F2N6O. The van der Waals surface area contributed by atoms with Crippen LogP contribution in [0.2, 0.25) is 0 Å². The molecule has 2 aromatic heterocycles. The lowest BCUT2D eigenvalue weighted by molar-refractivity contribution is 0.0951. The topological polar surface area (TPSA) is 84.7 Å². The average Bonchev–Trinajstić information content (AvgIpc) is 3.17. The summed E-state index contributed by atoms with van der Waals surface area (Å²) in [5.41, 5.74) is 1.79. The number of carbonyl (C=O) groups is 1. The van der Waals surface area contributed by atoms with Gasteiger partial charge in [-0.3, -0.25) is 4.79 Å². The van der Waals surface area contributed by atoms with Crippen molar-refractivity contribution in [1.29, 1.82) is 0 Å². The number of halogens is 2. The van der Waals surface area contributed by atoms with Crippen LogP contribution in [0.1, 0.15) is 15.9 Å². The van der Waals surface area contributed by atoms with Gasteiger partial charge in [0.25, 0.3) is 5.91 Å². The van der Waals surface area contributed by atoms with Gasteiger partial charge >= 0.3 is 0 Å². The van der Waals surface area contributed by atoms with Gasteiger partial charge < -0.3 is 10.6 Å². The van der Waals surface area contributed by atoms with Crippen LogP contribution in [0.25, 0.3) is 11.0 Å². The lowest BCUT2D eigenvalue weighted by atomic mass is 10.2. The van der Waals surface area contributed by atoms with Crippen molar-refractivity contribution in [3.05, 3.63) is 83.8 Å². The molecule has 2 aromatic carbocycles. The van der Waals surface area contributed by atoms with Crippen LogP contribution in [0.5, 0.6) is 0 Å². The quantitative estimate of drug-likeness (QED) is 0.491. The first-order valence-corrected chi connectivity index (χ1v) is 9.29. The predicted octanol–water partition coefficient (Wildman–Crippen LogP) is 3.15. The lowest BCUT2D eigenvalue weighted by Gasteiger charge is -2.08. The summed E-state index contributed by atoms with van der Waals surface area (Å²) >= 11 is 0. The summed E-state index contributed by atoms with van der Waals surface area (Å²) in [5.74, 6) is -0.492. The molecule has 7 nitrogen and oxygen atoms in total. The highest BCUT2D eigenvalue weighted by Crippen LogP contribution is 2.19. The summed E-state index contributed by atoms with van der Waals surface area (Å²) in [4.78, 5) is 20.6. The van der Waals surface area contributed by atoms with Crippen LogP contribution >= 0.6 is 0 Å². The summed E-state index contributed by atoms with van der Waals surface area (Å²) in [7, 11) is 0. The van der Waals surface area contributed by atoms with Crippen molar-refractivity contribution in [1.82, 2.24) is 25.1 Å². The standard InChI is InChI=1S/C21H18F2N6O/c22-16-6-4-14(5-7-16)11-25-19-18-12-28-29(20(18)27-13-26-19)9-8-24-21(30)15-2-1-3-17(23)10-15/h1-7,10,12-13H,8-9,11H2,(H,24,30)(H,25,26,27). The molecule has 2 N–H and O–H groups in total. The number of anilines is 1. The number of nitrogens with one attached hydrogen (secondary N) is 2. The number of benzene rings is 2. The molecule has 0 atom stereocenters. The minimum Gasteiger partial charge on any atom is -0.365 e.